The molecule has 1 aromatic heterocycles. The number of aromatic nitrogens is 2. The van der Waals surface area contributed by atoms with Crippen molar-refractivity contribution in [3.05, 3.63) is 17.0 Å². The Balaban J connectivity index is 2.68. The standard InChI is InChI=1S/C8H12N2O2/c1-5-7(3-4-8(11)12)6(2)10-9-5/h3-4H2,1-2H3,(H,9,10)(H,11,12). The molecule has 1 rings (SSSR count). The molecule has 1 aromatic rings. The van der Waals surface area contributed by atoms with Crippen molar-refractivity contribution in [2.24, 2.45) is 0 Å². The first-order chi connectivity index (χ1) is 5.61. The van der Waals surface area contributed by atoms with Crippen LogP contribution in [0.15, 0.2) is 0 Å². The quantitative estimate of drug-likeness (QED) is 0.708. The Morgan fingerprint density at radius 2 is 2.25 bits per heavy atom. The molecule has 12 heavy (non-hydrogen) atoms. The highest BCUT2D eigenvalue weighted by Crippen LogP contribution is 2.11. The number of carbonyl (C=O) groups is 1. The molecule has 4 heteroatoms. The summed E-state index contributed by atoms with van der Waals surface area (Å²) in [5, 5.41) is 15.3. The molecule has 0 saturated heterocycles. The van der Waals surface area contributed by atoms with Gasteiger partial charge in [0.1, 0.15) is 0 Å². The van der Waals surface area contributed by atoms with Gasteiger partial charge >= 0.3 is 5.97 Å². The molecule has 0 saturated carbocycles. The lowest BCUT2D eigenvalue weighted by Gasteiger charge is -1.96. The van der Waals surface area contributed by atoms with Crippen LogP contribution in [0.1, 0.15) is 23.4 Å². The van der Waals surface area contributed by atoms with Crippen LogP contribution in [-0.4, -0.2) is 21.3 Å². The van der Waals surface area contributed by atoms with Crippen molar-refractivity contribution < 1.29 is 9.90 Å². The van der Waals surface area contributed by atoms with Crippen molar-refractivity contribution in [1.29, 1.82) is 0 Å². The molecule has 0 fully saturated rings. The number of hydrogen-bond acceptors (Lipinski definition) is 2. The number of aliphatic carboxylic acids is 1. The summed E-state index contributed by atoms with van der Waals surface area (Å²) in [6.45, 7) is 3.78. The molecule has 0 amide bonds. The highest BCUT2D eigenvalue weighted by Gasteiger charge is 2.07. The Morgan fingerprint density at radius 3 is 2.67 bits per heavy atom. The van der Waals surface area contributed by atoms with E-state index in [2.05, 4.69) is 10.2 Å². The first kappa shape index (κ1) is 8.77. The smallest absolute Gasteiger partial charge is 0.303 e. The zero-order valence-corrected chi connectivity index (χ0v) is 7.22. The maximum absolute atomic E-state index is 10.3. The zero-order valence-electron chi connectivity index (χ0n) is 7.22. The minimum atomic E-state index is -0.769. The molecule has 0 aromatic carbocycles. The summed E-state index contributed by atoms with van der Waals surface area (Å²) in [5.41, 5.74) is 2.89. The predicted molar refractivity (Wildman–Crippen MR) is 44.0 cm³/mol. The number of H-pyrrole nitrogens is 1. The van der Waals surface area contributed by atoms with Crippen molar-refractivity contribution in [2.45, 2.75) is 26.7 Å². The first-order valence-corrected chi connectivity index (χ1v) is 3.83. The summed E-state index contributed by atoms with van der Waals surface area (Å²) in [4.78, 5) is 10.3. The van der Waals surface area contributed by atoms with Crippen LogP contribution in [0.5, 0.6) is 0 Å². The Labute approximate surface area is 70.6 Å². The Morgan fingerprint density at radius 1 is 1.58 bits per heavy atom. The molecule has 0 spiro atoms. The number of rotatable bonds is 3. The van der Waals surface area contributed by atoms with Gasteiger partial charge in [-0.15, -0.1) is 0 Å². The fourth-order valence-corrected chi connectivity index (χ4v) is 1.17. The van der Waals surface area contributed by atoms with Crippen molar-refractivity contribution >= 4 is 5.97 Å². The maximum Gasteiger partial charge on any atom is 0.303 e. The molecule has 0 aliphatic carbocycles. The van der Waals surface area contributed by atoms with Gasteiger partial charge in [-0.2, -0.15) is 5.10 Å². The van der Waals surface area contributed by atoms with Crippen molar-refractivity contribution in [3.63, 3.8) is 0 Å². The number of nitrogens with one attached hydrogen (secondary N) is 1. The summed E-state index contributed by atoms with van der Waals surface area (Å²) < 4.78 is 0. The van der Waals surface area contributed by atoms with E-state index >= 15 is 0 Å². The normalized spacial score (nSPS) is 10.2. The van der Waals surface area contributed by atoms with Crippen LogP contribution in [0.25, 0.3) is 0 Å². The second-order valence-electron chi connectivity index (χ2n) is 2.81. The number of nitrogens with zero attached hydrogens (tertiary/aromatic N) is 1. The van der Waals surface area contributed by atoms with Gasteiger partial charge in [-0.25, -0.2) is 0 Å². The summed E-state index contributed by atoms with van der Waals surface area (Å²) in [6.07, 6.45) is 0.727. The van der Waals surface area contributed by atoms with E-state index in [0.29, 0.717) is 6.42 Å². The molecular formula is C8H12N2O2. The van der Waals surface area contributed by atoms with Crippen LogP contribution in [0.2, 0.25) is 0 Å². The topological polar surface area (TPSA) is 66.0 Å². The zero-order chi connectivity index (χ0) is 9.14. The van der Waals surface area contributed by atoms with Gasteiger partial charge in [-0.1, -0.05) is 0 Å². The average molecular weight is 168 g/mol. The molecular weight excluding hydrogens is 156 g/mol. The molecule has 2 N–H and O–H groups in total. The highest BCUT2D eigenvalue weighted by molar-refractivity contribution is 5.67. The van der Waals surface area contributed by atoms with Gasteiger partial charge in [-0.3, -0.25) is 9.89 Å². The number of hydrogen-bond donors (Lipinski definition) is 2. The van der Waals surface area contributed by atoms with E-state index in [1.54, 1.807) is 0 Å². The van der Waals surface area contributed by atoms with Crippen LogP contribution in [0.4, 0.5) is 0 Å². The average Bonchev–Trinajstić information content (AvgIpc) is 2.28. The molecule has 0 atom stereocenters. The summed E-state index contributed by atoms with van der Waals surface area (Å²) in [7, 11) is 0. The van der Waals surface area contributed by atoms with E-state index in [-0.39, 0.29) is 6.42 Å². The Hall–Kier alpha value is -1.32. The molecule has 0 bridgehead atoms. The Bertz CT molecular complexity index is 272. The van der Waals surface area contributed by atoms with Gasteiger partial charge < -0.3 is 5.11 Å². The van der Waals surface area contributed by atoms with E-state index in [0.717, 1.165) is 17.0 Å². The minimum absolute atomic E-state index is 0.168. The van der Waals surface area contributed by atoms with Gasteiger partial charge in [0.15, 0.2) is 0 Å². The maximum atomic E-state index is 10.3. The van der Waals surface area contributed by atoms with E-state index < -0.39 is 5.97 Å². The second-order valence-corrected chi connectivity index (χ2v) is 2.81. The van der Waals surface area contributed by atoms with E-state index in [9.17, 15) is 4.79 Å². The van der Waals surface area contributed by atoms with E-state index in [4.69, 9.17) is 5.11 Å². The van der Waals surface area contributed by atoms with Gasteiger partial charge in [0.25, 0.3) is 0 Å². The van der Waals surface area contributed by atoms with Crippen LogP contribution >= 0.6 is 0 Å². The SMILES string of the molecule is Cc1n[nH]c(C)c1CCC(=O)O. The number of aryl methyl sites for hydroxylation is 2. The number of aromatic amines is 1. The molecule has 0 unspecified atom stereocenters. The molecule has 4 nitrogen and oxygen atoms in total. The molecule has 1 heterocycles. The van der Waals surface area contributed by atoms with Gasteiger partial charge in [0.2, 0.25) is 0 Å². The third-order valence-electron chi connectivity index (χ3n) is 1.87. The van der Waals surface area contributed by atoms with Crippen molar-refractivity contribution in [2.75, 3.05) is 0 Å². The lowest BCUT2D eigenvalue weighted by atomic mass is 10.1. The van der Waals surface area contributed by atoms with E-state index in [1.165, 1.54) is 0 Å². The highest BCUT2D eigenvalue weighted by atomic mass is 16.4. The summed E-state index contributed by atoms with van der Waals surface area (Å²) in [6, 6.07) is 0. The predicted octanol–water partition coefficient (Wildman–Crippen LogP) is 1.04. The number of carboxylic acid groups (broad SMARTS) is 1. The third-order valence-corrected chi connectivity index (χ3v) is 1.87. The van der Waals surface area contributed by atoms with E-state index in [1.807, 2.05) is 13.8 Å². The number of carboxylic acids is 1. The van der Waals surface area contributed by atoms with Gasteiger partial charge in [0, 0.05) is 12.1 Å². The van der Waals surface area contributed by atoms with Gasteiger partial charge in [0.05, 0.1) is 5.69 Å². The third kappa shape index (κ3) is 1.84. The van der Waals surface area contributed by atoms with Crippen molar-refractivity contribution in [3.8, 4) is 0 Å². The minimum Gasteiger partial charge on any atom is -0.481 e. The fraction of sp³-hybridized carbons (Fsp3) is 0.500. The Kier molecular flexibility index (Phi) is 2.47. The van der Waals surface area contributed by atoms with Crippen molar-refractivity contribution in [1.82, 2.24) is 10.2 Å². The lowest BCUT2D eigenvalue weighted by molar-refractivity contribution is -0.136. The summed E-state index contributed by atoms with van der Waals surface area (Å²) in [5.74, 6) is -0.769. The van der Waals surface area contributed by atoms with Crippen LogP contribution in [0.3, 0.4) is 0 Å². The lowest BCUT2D eigenvalue weighted by Crippen LogP contribution is -1.98. The van der Waals surface area contributed by atoms with Gasteiger partial charge in [-0.05, 0) is 25.8 Å². The molecule has 0 radical (unpaired) electrons. The van der Waals surface area contributed by atoms with Crippen LogP contribution < -0.4 is 0 Å². The molecule has 66 valence electrons. The van der Waals surface area contributed by atoms with Crippen LogP contribution in [0, 0.1) is 13.8 Å². The molecule has 0 aliphatic rings. The molecule has 0 aliphatic heterocycles. The summed E-state index contributed by atoms with van der Waals surface area (Å²) >= 11 is 0. The second kappa shape index (κ2) is 3.38. The fourth-order valence-electron chi connectivity index (χ4n) is 1.17. The largest absolute Gasteiger partial charge is 0.481 e. The monoisotopic (exact) mass is 168 g/mol. The van der Waals surface area contributed by atoms with Crippen LogP contribution in [-0.2, 0) is 11.2 Å². The first-order valence-electron chi connectivity index (χ1n) is 3.83.